The number of allylic oxidation sites excluding steroid dienone is 2. The Hall–Kier alpha value is -2.23. The number of hydrogen-bond donors (Lipinski definition) is 3. The molecule has 24 heavy (non-hydrogen) atoms. The van der Waals surface area contributed by atoms with E-state index in [2.05, 4.69) is 56.6 Å². The number of carbonyl (C=O) groups excluding carboxylic acids is 1. The van der Waals surface area contributed by atoms with Crippen LogP contribution in [0.2, 0.25) is 0 Å². The highest BCUT2D eigenvalue weighted by Crippen LogP contribution is 2.23. The third-order valence-electron chi connectivity index (χ3n) is 3.84. The Morgan fingerprint density at radius 2 is 1.83 bits per heavy atom. The van der Waals surface area contributed by atoms with Crippen LogP contribution in [-0.2, 0) is 0 Å². The minimum absolute atomic E-state index is 0.0291. The molecule has 0 aromatic heterocycles. The van der Waals surface area contributed by atoms with E-state index in [1.54, 1.807) is 0 Å². The van der Waals surface area contributed by atoms with Crippen LogP contribution in [-0.4, -0.2) is 18.6 Å². The maximum Gasteiger partial charge on any atom is 0.251 e. The molecule has 1 aliphatic heterocycles. The van der Waals surface area contributed by atoms with Crippen molar-refractivity contribution < 1.29 is 4.79 Å². The summed E-state index contributed by atoms with van der Waals surface area (Å²) in [4.78, 5) is 12.2. The van der Waals surface area contributed by atoms with Crippen LogP contribution in [0.3, 0.4) is 0 Å². The van der Waals surface area contributed by atoms with Gasteiger partial charge in [0.05, 0.1) is 6.17 Å². The zero-order valence-electron chi connectivity index (χ0n) is 15.4. The van der Waals surface area contributed by atoms with Crippen molar-refractivity contribution in [2.24, 2.45) is 5.41 Å². The molecule has 130 valence electrons. The first-order valence-electron chi connectivity index (χ1n) is 8.54. The lowest BCUT2D eigenvalue weighted by Gasteiger charge is -2.14. The highest BCUT2D eigenvalue weighted by atomic mass is 16.1. The van der Waals surface area contributed by atoms with Crippen LogP contribution in [0.25, 0.3) is 5.57 Å². The predicted molar refractivity (Wildman–Crippen MR) is 100 cm³/mol. The minimum atomic E-state index is -0.0291. The highest BCUT2D eigenvalue weighted by Gasteiger charge is 2.11. The van der Waals surface area contributed by atoms with Gasteiger partial charge >= 0.3 is 0 Å². The number of nitrogens with one attached hydrogen (secondary N) is 3. The summed E-state index contributed by atoms with van der Waals surface area (Å²) in [5.74, 6) is -0.0291. The summed E-state index contributed by atoms with van der Waals surface area (Å²) in [5, 5.41) is 9.44. The lowest BCUT2D eigenvalue weighted by molar-refractivity contribution is 0.0954. The van der Waals surface area contributed by atoms with Gasteiger partial charge in [-0.15, -0.1) is 0 Å². The molecule has 4 heteroatoms. The molecule has 1 aromatic rings. The predicted octanol–water partition coefficient (Wildman–Crippen LogP) is 3.64. The van der Waals surface area contributed by atoms with E-state index in [1.807, 2.05) is 30.5 Å². The number of benzene rings is 1. The first-order chi connectivity index (χ1) is 11.2. The zero-order chi connectivity index (χ0) is 17.7. The topological polar surface area (TPSA) is 53.2 Å². The number of amides is 1. The van der Waals surface area contributed by atoms with Gasteiger partial charge in [0.2, 0.25) is 0 Å². The molecule has 1 aliphatic rings. The Balaban J connectivity index is 1.88. The van der Waals surface area contributed by atoms with E-state index in [1.165, 1.54) is 5.57 Å². The second-order valence-electron chi connectivity index (χ2n) is 7.48. The maximum atomic E-state index is 12.2. The summed E-state index contributed by atoms with van der Waals surface area (Å²) in [6.45, 7) is 11.3. The van der Waals surface area contributed by atoms with Crippen LogP contribution in [0.4, 0.5) is 0 Å². The molecular formula is C20H29N3O. The molecule has 2 rings (SSSR count). The molecule has 0 aliphatic carbocycles. The molecular weight excluding hydrogens is 298 g/mol. The molecule has 1 atom stereocenters. The fourth-order valence-electron chi connectivity index (χ4n) is 2.76. The lowest BCUT2D eigenvalue weighted by atomic mass is 9.91. The van der Waals surface area contributed by atoms with Crippen molar-refractivity contribution in [3.05, 3.63) is 53.4 Å². The van der Waals surface area contributed by atoms with Gasteiger partial charge in [-0.05, 0) is 42.5 Å². The molecule has 0 spiro atoms. The summed E-state index contributed by atoms with van der Waals surface area (Å²) in [5.41, 5.74) is 4.36. The van der Waals surface area contributed by atoms with E-state index in [0.29, 0.717) is 12.1 Å². The van der Waals surface area contributed by atoms with Crippen LogP contribution < -0.4 is 16.0 Å². The normalized spacial score (nSPS) is 17.8. The van der Waals surface area contributed by atoms with E-state index in [-0.39, 0.29) is 17.5 Å². The molecule has 3 N–H and O–H groups in total. The minimum Gasteiger partial charge on any atom is -0.370 e. The summed E-state index contributed by atoms with van der Waals surface area (Å²) in [6.07, 6.45) is 5.29. The van der Waals surface area contributed by atoms with Crippen LogP contribution in [0.5, 0.6) is 0 Å². The van der Waals surface area contributed by atoms with E-state index in [0.717, 1.165) is 17.7 Å². The monoisotopic (exact) mass is 327 g/mol. The van der Waals surface area contributed by atoms with Crippen LogP contribution in [0, 0.1) is 5.41 Å². The molecule has 0 bridgehead atoms. The first kappa shape index (κ1) is 18.1. The first-order valence-corrected chi connectivity index (χ1v) is 8.54. The smallest absolute Gasteiger partial charge is 0.251 e. The SMILES string of the molecule is C/C(=C\C(C)(C)C)c1ccc(C(=O)NCCC2=CNC(C)N2)cc1. The van der Waals surface area contributed by atoms with Gasteiger partial charge in [-0.3, -0.25) is 4.79 Å². The number of carbonyl (C=O) groups is 1. The van der Waals surface area contributed by atoms with Crippen molar-refractivity contribution in [1.82, 2.24) is 16.0 Å². The summed E-state index contributed by atoms with van der Waals surface area (Å²) < 4.78 is 0. The second-order valence-corrected chi connectivity index (χ2v) is 7.48. The quantitative estimate of drug-likeness (QED) is 0.774. The highest BCUT2D eigenvalue weighted by molar-refractivity contribution is 5.94. The van der Waals surface area contributed by atoms with Crippen molar-refractivity contribution >= 4 is 11.5 Å². The largest absolute Gasteiger partial charge is 0.370 e. The van der Waals surface area contributed by atoms with Gasteiger partial charge in [0.25, 0.3) is 5.91 Å². The Morgan fingerprint density at radius 1 is 1.21 bits per heavy atom. The van der Waals surface area contributed by atoms with Crippen molar-refractivity contribution in [2.45, 2.75) is 47.2 Å². The average Bonchev–Trinajstić information content (AvgIpc) is 2.91. The van der Waals surface area contributed by atoms with E-state index in [9.17, 15) is 4.79 Å². The standard InChI is InChI=1S/C20H29N3O/c1-14(12-20(3,4)5)16-6-8-17(9-7-16)19(24)21-11-10-18-13-22-15(2)23-18/h6-9,12-13,15,22-23H,10-11H2,1-5H3,(H,21,24)/b14-12+. The van der Waals surface area contributed by atoms with Crippen LogP contribution in [0.15, 0.2) is 42.2 Å². The summed E-state index contributed by atoms with van der Waals surface area (Å²) in [6, 6.07) is 7.81. The Bertz CT molecular complexity index is 636. The van der Waals surface area contributed by atoms with E-state index in [4.69, 9.17) is 0 Å². The molecule has 0 radical (unpaired) electrons. The molecule has 1 unspecified atom stereocenters. The molecule has 1 aromatic carbocycles. The Morgan fingerprint density at radius 3 is 2.38 bits per heavy atom. The van der Waals surface area contributed by atoms with Crippen molar-refractivity contribution in [3.8, 4) is 0 Å². The average molecular weight is 327 g/mol. The third-order valence-corrected chi connectivity index (χ3v) is 3.84. The van der Waals surface area contributed by atoms with Crippen molar-refractivity contribution in [1.29, 1.82) is 0 Å². The Labute approximate surface area is 145 Å². The van der Waals surface area contributed by atoms with Crippen LogP contribution in [0.1, 0.15) is 57.0 Å². The van der Waals surface area contributed by atoms with Gasteiger partial charge in [-0.1, -0.05) is 39.0 Å². The summed E-state index contributed by atoms with van der Waals surface area (Å²) >= 11 is 0. The maximum absolute atomic E-state index is 12.2. The van der Waals surface area contributed by atoms with Gasteiger partial charge in [-0.25, -0.2) is 0 Å². The molecule has 1 heterocycles. The molecule has 0 saturated carbocycles. The molecule has 1 amide bonds. The van der Waals surface area contributed by atoms with Gasteiger partial charge < -0.3 is 16.0 Å². The number of rotatable bonds is 5. The molecule has 0 saturated heterocycles. The second kappa shape index (κ2) is 7.56. The van der Waals surface area contributed by atoms with Gasteiger partial charge in [0.1, 0.15) is 0 Å². The van der Waals surface area contributed by atoms with Crippen LogP contribution >= 0.6 is 0 Å². The molecule has 0 fully saturated rings. The Kier molecular flexibility index (Phi) is 5.71. The van der Waals surface area contributed by atoms with Gasteiger partial charge in [0, 0.05) is 30.4 Å². The van der Waals surface area contributed by atoms with Gasteiger partial charge in [0.15, 0.2) is 0 Å². The van der Waals surface area contributed by atoms with Crippen molar-refractivity contribution in [3.63, 3.8) is 0 Å². The lowest BCUT2D eigenvalue weighted by Crippen LogP contribution is -2.30. The van der Waals surface area contributed by atoms with Gasteiger partial charge in [-0.2, -0.15) is 0 Å². The third kappa shape index (κ3) is 5.44. The van der Waals surface area contributed by atoms with Crippen molar-refractivity contribution in [2.75, 3.05) is 6.54 Å². The molecule has 4 nitrogen and oxygen atoms in total. The zero-order valence-corrected chi connectivity index (χ0v) is 15.4. The fraction of sp³-hybridized carbons (Fsp3) is 0.450. The van der Waals surface area contributed by atoms with E-state index < -0.39 is 0 Å². The van der Waals surface area contributed by atoms with E-state index >= 15 is 0 Å². The number of hydrogen-bond acceptors (Lipinski definition) is 3. The summed E-state index contributed by atoms with van der Waals surface area (Å²) in [7, 11) is 0. The fourth-order valence-corrected chi connectivity index (χ4v) is 2.76.